The van der Waals surface area contributed by atoms with E-state index in [1.54, 1.807) is 6.20 Å². The van der Waals surface area contributed by atoms with Gasteiger partial charge in [0.25, 0.3) is 0 Å². The van der Waals surface area contributed by atoms with Gasteiger partial charge in [-0.1, -0.05) is 24.6 Å². The third-order valence-corrected chi connectivity index (χ3v) is 8.36. The molecule has 2 aliphatic heterocycles. The molecule has 2 atom stereocenters. The lowest BCUT2D eigenvalue weighted by Gasteiger charge is -2.33. The van der Waals surface area contributed by atoms with Crippen molar-refractivity contribution >= 4 is 40.3 Å². The summed E-state index contributed by atoms with van der Waals surface area (Å²) in [7, 11) is 0. The third-order valence-electron chi connectivity index (χ3n) is 7.75. The number of nitrogens with one attached hydrogen (secondary N) is 1. The summed E-state index contributed by atoms with van der Waals surface area (Å²) in [6.45, 7) is 6.51. The molecule has 6 nitrogen and oxygen atoms in total. The molecule has 0 saturated carbocycles. The van der Waals surface area contributed by atoms with Crippen molar-refractivity contribution < 1.29 is 0 Å². The SMILES string of the molecule is Cc1ccc([C@H]2[C@H](c3ccccn3)NC(=S)N2c2ccc(N3CCC(C)CC3)c(Cl)c2)n1-c1cccnc1. The Balaban J connectivity index is 1.44. The first-order chi connectivity index (χ1) is 18.5. The summed E-state index contributed by atoms with van der Waals surface area (Å²) in [6.07, 6.45) is 7.90. The monoisotopic (exact) mass is 542 g/mol. The van der Waals surface area contributed by atoms with Gasteiger partial charge >= 0.3 is 0 Å². The molecule has 2 fully saturated rings. The quantitative estimate of drug-likeness (QED) is 0.285. The van der Waals surface area contributed by atoms with E-state index in [0.717, 1.165) is 58.2 Å². The molecule has 0 bridgehead atoms. The first-order valence-corrected chi connectivity index (χ1v) is 13.9. The smallest absolute Gasteiger partial charge is 0.174 e. The number of anilines is 2. The van der Waals surface area contributed by atoms with Gasteiger partial charge in [-0.05, 0) is 92.5 Å². The molecule has 1 aromatic carbocycles. The van der Waals surface area contributed by atoms with Crippen LogP contribution in [-0.4, -0.2) is 32.7 Å². The van der Waals surface area contributed by atoms with Crippen LogP contribution in [0.3, 0.4) is 0 Å². The predicted octanol–water partition coefficient (Wildman–Crippen LogP) is 6.64. The molecule has 4 aromatic rings. The Labute approximate surface area is 234 Å². The molecule has 0 unspecified atom stereocenters. The zero-order chi connectivity index (χ0) is 26.2. The van der Waals surface area contributed by atoms with Gasteiger partial charge in [0.05, 0.1) is 34.3 Å². The van der Waals surface area contributed by atoms with Crippen molar-refractivity contribution in [2.24, 2.45) is 5.92 Å². The summed E-state index contributed by atoms with van der Waals surface area (Å²) in [6, 6.07) is 20.4. The molecule has 2 saturated heterocycles. The number of nitrogens with zero attached hydrogens (tertiary/aromatic N) is 5. The first kappa shape index (κ1) is 24.9. The summed E-state index contributed by atoms with van der Waals surface area (Å²) in [5.41, 5.74) is 6.22. The third kappa shape index (κ3) is 4.54. The molecule has 194 valence electrons. The number of aryl methyl sites for hydroxylation is 1. The lowest BCUT2D eigenvalue weighted by Crippen LogP contribution is -2.33. The molecular weight excluding hydrogens is 512 g/mol. The van der Waals surface area contributed by atoms with E-state index in [1.807, 2.05) is 30.6 Å². The maximum Gasteiger partial charge on any atom is 0.174 e. The number of hydrogen-bond donors (Lipinski definition) is 1. The van der Waals surface area contributed by atoms with Crippen LogP contribution in [0.2, 0.25) is 5.02 Å². The summed E-state index contributed by atoms with van der Waals surface area (Å²) in [4.78, 5) is 13.7. The molecule has 38 heavy (non-hydrogen) atoms. The van der Waals surface area contributed by atoms with E-state index >= 15 is 0 Å². The lowest BCUT2D eigenvalue weighted by atomic mass is 9.98. The second-order valence-electron chi connectivity index (χ2n) is 10.2. The van der Waals surface area contributed by atoms with Crippen molar-refractivity contribution in [2.45, 2.75) is 38.8 Å². The molecule has 0 spiro atoms. The minimum absolute atomic E-state index is 0.143. The fourth-order valence-corrected chi connectivity index (χ4v) is 6.35. The molecule has 0 aliphatic carbocycles. The molecule has 0 amide bonds. The van der Waals surface area contributed by atoms with Crippen LogP contribution >= 0.6 is 23.8 Å². The van der Waals surface area contributed by atoms with Crippen molar-refractivity contribution in [2.75, 3.05) is 22.9 Å². The van der Waals surface area contributed by atoms with E-state index in [-0.39, 0.29) is 12.1 Å². The zero-order valence-corrected chi connectivity index (χ0v) is 23.2. The number of benzene rings is 1. The van der Waals surface area contributed by atoms with Crippen LogP contribution in [0.25, 0.3) is 5.69 Å². The highest BCUT2D eigenvalue weighted by Gasteiger charge is 2.42. The van der Waals surface area contributed by atoms with Gasteiger partial charge in [-0.25, -0.2) is 0 Å². The van der Waals surface area contributed by atoms with Crippen molar-refractivity contribution in [1.82, 2.24) is 19.9 Å². The van der Waals surface area contributed by atoms with Gasteiger partial charge in [0.15, 0.2) is 5.11 Å². The number of hydrogen-bond acceptors (Lipinski definition) is 4. The highest BCUT2D eigenvalue weighted by atomic mass is 35.5. The molecular formula is C30H31ClN6S. The molecule has 0 radical (unpaired) electrons. The van der Waals surface area contributed by atoms with Gasteiger partial charge in [-0.3, -0.25) is 9.97 Å². The van der Waals surface area contributed by atoms with E-state index in [4.69, 9.17) is 28.8 Å². The second kappa shape index (κ2) is 10.4. The number of aromatic nitrogens is 3. The first-order valence-electron chi connectivity index (χ1n) is 13.1. The van der Waals surface area contributed by atoms with E-state index in [2.05, 4.69) is 81.0 Å². The fraction of sp³-hybridized carbons (Fsp3) is 0.300. The van der Waals surface area contributed by atoms with Crippen molar-refractivity contribution in [3.63, 3.8) is 0 Å². The highest BCUT2D eigenvalue weighted by Crippen LogP contribution is 2.44. The molecule has 3 aromatic heterocycles. The van der Waals surface area contributed by atoms with Crippen LogP contribution in [-0.2, 0) is 0 Å². The Kier molecular flexibility index (Phi) is 6.80. The van der Waals surface area contributed by atoms with E-state index in [0.29, 0.717) is 5.11 Å². The van der Waals surface area contributed by atoms with Crippen LogP contribution in [0.4, 0.5) is 11.4 Å². The molecule has 6 rings (SSSR count). The number of piperidine rings is 1. The van der Waals surface area contributed by atoms with E-state index < -0.39 is 0 Å². The average molecular weight is 543 g/mol. The number of pyridine rings is 2. The minimum atomic E-state index is -0.149. The molecule has 5 heterocycles. The Bertz CT molecular complexity index is 1430. The highest BCUT2D eigenvalue weighted by molar-refractivity contribution is 7.80. The van der Waals surface area contributed by atoms with Gasteiger partial charge < -0.3 is 19.7 Å². The Morgan fingerprint density at radius 3 is 2.53 bits per heavy atom. The Morgan fingerprint density at radius 2 is 1.82 bits per heavy atom. The normalized spacial score (nSPS) is 20.1. The van der Waals surface area contributed by atoms with Crippen LogP contribution in [0.5, 0.6) is 0 Å². The van der Waals surface area contributed by atoms with Crippen molar-refractivity contribution in [3.05, 3.63) is 101 Å². The van der Waals surface area contributed by atoms with Gasteiger partial charge in [0.2, 0.25) is 0 Å². The number of halogens is 1. The van der Waals surface area contributed by atoms with Crippen LogP contribution in [0.1, 0.15) is 48.9 Å². The minimum Gasteiger partial charge on any atom is -0.370 e. The average Bonchev–Trinajstić information content (AvgIpc) is 3.49. The molecule has 2 aliphatic rings. The largest absolute Gasteiger partial charge is 0.370 e. The summed E-state index contributed by atoms with van der Waals surface area (Å²) in [5, 5.41) is 4.97. The van der Waals surface area contributed by atoms with Gasteiger partial charge in [0, 0.05) is 42.6 Å². The predicted molar refractivity (Wildman–Crippen MR) is 158 cm³/mol. The maximum atomic E-state index is 6.95. The van der Waals surface area contributed by atoms with E-state index in [9.17, 15) is 0 Å². The summed E-state index contributed by atoms with van der Waals surface area (Å²) < 4.78 is 2.25. The van der Waals surface area contributed by atoms with Crippen LogP contribution in [0, 0.1) is 12.8 Å². The van der Waals surface area contributed by atoms with E-state index in [1.165, 1.54) is 12.8 Å². The van der Waals surface area contributed by atoms with Gasteiger partial charge in [-0.2, -0.15) is 0 Å². The maximum absolute atomic E-state index is 6.95. The topological polar surface area (TPSA) is 49.2 Å². The Morgan fingerprint density at radius 1 is 0.974 bits per heavy atom. The number of rotatable bonds is 5. The lowest BCUT2D eigenvalue weighted by molar-refractivity contribution is 0.438. The molecule has 8 heteroatoms. The van der Waals surface area contributed by atoms with Crippen molar-refractivity contribution in [1.29, 1.82) is 0 Å². The Hall–Kier alpha value is -3.42. The van der Waals surface area contributed by atoms with Gasteiger partial charge in [0.1, 0.15) is 6.04 Å². The number of thiocarbonyl (C=S) groups is 1. The molecule has 1 N–H and O–H groups in total. The zero-order valence-electron chi connectivity index (χ0n) is 21.6. The van der Waals surface area contributed by atoms with Crippen LogP contribution in [0.15, 0.2) is 79.3 Å². The van der Waals surface area contributed by atoms with Gasteiger partial charge in [-0.15, -0.1) is 0 Å². The second-order valence-corrected chi connectivity index (χ2v) is 11.0. The van der Waals surface area contributed by atoms with Crippen LogP contribution < -0.4 is 15.1 Å². The summed E-state index contributed by atoms with van der Waals surface area (Å²) >= 11 is 12.9. The standard InChI is InChI=1S/C30H31ClN6S/c1-20-12-16-35(17-13-20)26-11-9-22(18-24(26)31)37-29(28(34-30(37)38)25-7-3-4-15-33-25)27-10-8-21(2)36(27)23-6-5-14-32-19-23/h3-11,14-15,18-20,28-29H,12-13,16-17H2,1-2H3,(H,34,38)/t28-,29-/m0/s1. The van der Waals surface area contributed by atoms with Crippen molar-refractivity contribution in [3.8, 4) is 5.69 Å². The summed E-state index contributed by atoms with van der Waals surface area (Å²) in [5.74, 6) is 0.765. The fourth-order valence-electron chi connectivity index (χ4n) is 5.71.